The van der Waals surface area contributed by atoms with E-state index in [0.717, 1.165) is 48.6 Å². The van der Waals surface area contributed by atoms with E-state index in [-0.39, 0.29) is 11.8 Å². The van der Waals surface area contributed by atoms with E-state index in [1.807, 2.05) is 32.2 Å². The molecule has 0 saturated carbocycles. The van der Waals surface area contributed by atoms with Crippen molar-refractivity contribution in [2.75, 3.05) is 59.7 Å². The third-order valence-corrected chi connectivity index (χ3v) is 10.5. The van der Waals surface area contributed by atoms with Gasteiger partial charge in [0.1, 0.15) is 0 Å². The van der Waals surface area contributed by atoms with Crippen molar-refractivity contribution in [2.45, 2.75) is 26.7 Å². The first-order valence-corrected chi connectivity index (χ1v) is 16.3. The Labute approximate surface area is 241 Å². The van der Waals surface area contributed by atoms with Gasteiger partial charge in [-0.2, -0.15) is 10.1 Å². The Morgan fingerprint density at radius 2 is 1.95 bits per heavy atom. The van der Waals surface area contributed by atoms with Gasteiger partial charge < -0.3 is 24.6 Å². The molecule has 6 rings (SSSR count). The van der Waals surface area contributed by atoms with Crippen LogP contribution in [0.25, 0.3) is 11.3 Å². The lowest BCUT2D eigenvalue weighted by atomic mass is 10.1. The summed E-state index contributed by atoms with van der Waals surface area (Å²) >= 11 is 0. The summed E-state index contributed by atoms with van der Waals surface area (Å²) in [7, 11) is 1.39. The number of carbonyl (C=O) groups excluding carboxylic acids is 1. The van der Waals surface area contributed by atoms with Gasteiger partial charge in [0.05, 0.1) is 35.4 Å². The second-order valence-electron chi connectivity index (χ2n) is 11.4. The number of amides is 1. The molecule has 0 spiro atoms. The highest BCUT2D eigenvalue weighted by molar-refractivity contribution is 8.04. The van der Waals surface area contributed by atoms with Gasteiger partial charge in [0.25, 0.3) is 5.91 Å². The molecule has 0 radical (unpaired) electrons. The van der Waals surface area contributed by atoms with Crippen LogP contribution in [0.2, 0.25) is 0 Å². The fourth-order valence-corrected chi connectivity index (χ4v) is 7.99. The van der Waals surface area contributed by atoms with Crippen LogP contribution in [0.15, 0.2) is 41.5 Å². The number of thiol groups is 1. The van der Waals surface area contributed by atoms with Gasteiger partial charge in [0.2, 0.25) is 11.8 Å². The summed E-state index contributed by atoms with van der Waals surface area (Å²) in [6, 6.07) is 9.44. The number of aromatic nitrogens is 3. The minimum Gasteiger partial charge on any atom is -0.477 e. The van der Waals surface area contributed by atoms with Gasteiger partial charge in [-0.05, 0) is 73.2 Å². The molecule has 2 N–H and O–H groups in total. The number of nitrogens with one attached hydrogen (secondary N) is 2. The average molecular weight is 579 g/mol. The number of hydrogen-bond acceptors (Lipinski definition) is 8. The Balaban J connectivity index is 1.35. The van der Waals surface area contributed by atoms with Crippen LogP contribution in [0.3, 0.4) is 0 Å². The lowest BCUT2D eigenvalue weighted by Crippen LogP contribution is -2.45. The predicted molar refractivity (Wildman–Crippen MR) is 165 cm³/mol. The second-order valence-corrected chi connectivity index (χ2v) is 14.3. The minimum atomic E-state index is -2.51. The first-order valence-electron chi connectivity index (χ1n) is 14.2. The zero-order valence-corrected chi connectivity index (χ0v) is 24.9. The molecule has 1 aromatic carbocycles. The third-order valence-electron chi connectivity index (χ3n) is 7.95. The average Bonchev–Trinajstić information content (AvgIpc) is 3.47. The summed E-state index contributed by atoms with van der Waals surface area (Å²) in [4.78, 5) is 27.1. The van der Waals surface area contributed by atoms with Crippen LogP contribution in [0, 0.1) is 12.8 Å². The van der Waals surface area contributed by atoms with Crippen molar-refractivity contribution >= 4 is 39.0 Å². The molecule has 2 bridgehead atoms. The van der Waals surface area contributed by atoms with Crippen LogP contribution in [0.5, 0.6) is 5.88 Å². The number of hydrogen-bond donors (Lipinski definition) is 3. The summed E-state index contributed by atoms with van der Waals surface area (Å²) in [5.74, 6) is 2.35. The maximum absolute atomic E-state index is 13.6. The fourth-order valence-electron chi connectivity index (χ4n) is 5.61. The number of fused-ring (bicyclic) bond motifs is 7. The molecule has 41 heavy (non-hydrogen) atoms. The molecule has 5 heterocycles. The smallest absolute Gasteiger partial charge is 0.280 e. The molecule has 0 aliphatic carbocycles. The molecule has 3 aliphatic heterocycles. The Kier molecular flexibility index (Phi) is 7.28. The molecule has 1 atom stereocenters. The van der Waals surface area contributed by atoms with Crippen LogP contribution >= 0.6 is 0 Å². The molecule has 1 saturated heterocycles. The van der Waals surface area contributed by atoms with Gasteiger partial charge in [0.15, 0.2) is 0 Å². The lowest BCUT2D eigenvalue weighted by Gasteiger charge is -2.34. The van der Waals surface area contributed by atoms with E-state index in [0.29, 0.717) is 53.4 Å². The van der Waals surface area contributed by atoms with E-state index >= 15 is 0 Å². The zero-order valence-electron chi connectivity index (χ0n) is 24.1. The number of anilines is 3. The van der Waals surface area contributed by atoms with Crippen molar-refractivity contribution in [3.05, 3.63) is 47.8 Å². The number of guanidine groups is 1. The van der Waals surface area contributed by atoms with E-state index in [9.17, 15) is 9.00 Å². The number of benzene rings is 1. The number of carbonyl (C=O) groups is 1. The van der Waals surface area contributed by atoms with Crippen LogP contribution in [0.1, 0.15) is 35.8 Å². The van der Waals surface area contributed by atoms with Crippen molar-refractivity contribution in [3.63, 3.8) is 0 Å². The molecule has 3 aromatic rings. The van der Waals surface area contributed by atoms with Gasteiger partial charge in [-0.25, -0.2) is 4.68 Å². The lowest BCUT2D eigenvalue weighted by molar-refractivity contribution is 0.100. The molecule has 1 amide bonds. The maximum Gasteiger partial charge on any atom is 0.280 e. The Morgan fingerprint density at radius 3 is 2.76 bits per heavy atom. The van der Waals surface area contributed by atoms with E-state index in [1.54, 1.807) is 23.0 Å². The van der Waals surface area contributed by atoms with Gasteiger partial charge in [0, 0.05) is 55.1 Å². The SMILES string of the molecule is Cc1cc2cc(n1)-c1cnn(C)c1OCCC[C@@H](C)CN1/C(=N/C2=O)Nc2ccc(N[SH]3(=O)CCN(C)CC3)cc21. The van der Waals surface area contributed by atoms with Crippen LogP contribution < -0.4 is 19.7 Å². The molecule has 2 aromatic heterocycles. The second kappa shape index (κ2) is 10.9. The predicted octanol–water partition coefficient (Wildman–Crippen LogP) is 3.32. The van der Waals surface area contributed by atoms with Crippen molar-refractivity contribution in [1.82, 2.24) is 19.7 Å². The molecule has 218 valence electrons. The molecule has 3 aliphatic rings. The quantitative estimate of drug-likeness (QED) is 0.397. The molecular weight excluding hydrogens is 540 g/mol. The van der Waals surface area contributed by atoms with Gasteiger partial charge >= 0.3 is 0 Å². The highest BCUT2D eigenvalue weighted by atomic mass is 32.3. The Morgan fingerprint density at radius 1 is 1.15 bits per heavy atom. The van der Waals surface area contributed by atoms with Crippen molar-refractivity contribution in [2.24, 2.45) is 18.0 Å². The number of aliphatic imine (C=N–C) groups is 1. The first kappa shape index (κ1) is 27.4. The fraction of sp³-hybridized carbons (Fsp3) is 0.448. The summed E-state index contributed by atoms with van der Waals surface area (Å²) in [5, 5.41) is 7.74. The summed E-state index contributed by atoms with van der Waals surface area (Å²) in [5.41, 5.74) is 5.13. The van der Waals surface area contributed by atoms with Crippen molar-refractivity contribution in [3.8, 4) is 17.1 Å². The number of rotatable bonds is 2. The van der Waals surface area contributed by atoms with E-state index in [2.05, 4.69) is 48.9 Å². The highest BCUT2D eigenvalue weighted by Gasteiger charge is 2.30. The summed E-state index contributed by atoms with van der Waals surface area (Å²) in [6.07, 6.45) is 3.50. The van der Waals surface area contributed by atoms with Crippen LogP contribution in [0.4, 0.5) is 17.1 Å². The molecule has 0 unspecified atom stereocenters. The molecule has 11 nitrogen and oxygen atoms in total. The topological polar surface area (TPSA) is 117 Å². The zero-order chi connectivity index (χ0) is 28.7. The third kappa shape index (κ3) is 5.71. The summed E-state index contributed by atoms with van der Waals surface area (Å²) < 4.78 is 24.8. The normalized spacial score (nSPS) is 22.9. The number of pyridine rings is 1. The van der Waals surface area contributed by atoms with Crippen molar-refractivity contribution in [1.29, 1.82) is 0 Å². The standard InChI is InChI=1S/C29H38N8O3S/c1-19-6-5-11-40-28-23(17-30-36(28)4)25-15-21(14-20(2)31-25)27(38)33-29-32-24-8-7-22(16-26(24)37(29)18-19)34-41(39)12-9-35(3)10-13-41/h7-8,14-17,19,41H,5-6,9-13,18H2,1-4H3,(H,34,39)(H,32,33,38)/t19-/m1/s1. The first-order chi connectivity index (χ1) is 19.7. The van der Waals surface area contributed by atoms with Gasteiger partial charge in [-0.1, -0.05) is 6.92 Å². The van der Waals surface area contributed by atoms with E-state index < -0.39 is 10.1 Å². The van der Waals surface area contributed by atoms with Crippen molar-refractivity contribution < 1.29 is 13.7 Å². The highest BCUT2D eigenvalue weighted by Crippen LogP contribution is 2.37. The molecular formula is C29H38N8O3S. The minimum absolute atomic E-state index is 0.289. The molecule has 1 fully saturated rings. The summed E-state index contributed by atoms with van der Waals surface area (Å²) in [6.45, 7) is 6.90. The molecule has 12 heteroatoms. The Hall–Kier alpha value is -3.77. The number of nitrogens with zero attached hydrogens (tertiary/aromatic N) is 6. The van der Waals surface area contributed by atoms with Gasteiger partial charge in [-0.3, -0.25) is 14.0 Å². The number of ether oxygens (including phenoxy) is 1. The Bertz CT molecular complexity index is 1560. The van der Waals surface area contributed by atoms with Gasteiger partial charge in [-0.15, -0.1) is 0 Å². The van der Waals surface area contributed by atoms with E-state index in [1.165, 1.54) is 0 Å². The van der Waals surface area contributed by atoms with Crippen LogP contribution in [-0.2, 0) is 17.2 Å². The maximum atomic E-state index is 13.6. The van der Waals surface area contributed by atoms with Crippen LogP contribution in [-0.4, -0.2) is 80.5 Å². The number of aryl methyl sites for hydroxylation is 2. The monoisotopic (exact) mass is 578 g/mol. The largest absolute Gasteiger partial charge is 0.477 e. The van der Waals surface area contributed by atoms with E-state index in [4.69, 9.17) is 4.74 Å².